The lowest BCUT2D eigenvalue weighted by Gasteiger charge is -2.24. The Hall–Kier alpha value is -1.99. The molecule has 1 aliphatic rings. The molecule has 1 aromatic carbocycles. The lowest BCUT2D eigenvalue weighted by atomic mass is 9.97. The van der Waals surface area contributed by atoms with Crippen molar-refractivity contribution in [2.75, 3.05) is 5.32 Å². The molecule has 2 amide bonds. The minimum absolute atomic E-state index is 0.0187. The number of nitrogens with one attached hydrogen (secondary N) is 2. The van der Waals surface area contributed by atoms with E-state index in [1.54, 1.807) is 12.1 Å². The second-order valence-corrected chi connectivity index (χ2v) is 8.68. The minimum atomic E-state index is -0.586. The second kappa shape index (κ2) is 9.47. The average Bonchev–Trinajstić information content (AvgIpc) is 3.37. The summed E-state index contributed by atoms with van der Waals surface area (Å²) in [5, 5.41) is 15.7. The van der Waals surface area contributed by atoms with Gasteiger partial charge in [-0.3, -0.25) is 14.9 Å². The van der Waals surface area contributed by atoms with Gasteiger partial charge in [0.05, 0.1) is 0 Å². The number of carbonyl (C=O) groups is 2. The van der Waals surface area contributed by atoms with Crippen molar-refractivity contribution in [3.8, 4) is 10.6 Å². The summed E-state index contributed by atoms with van der Waals surface area (Å²) < 4.78 is 0. The fraction of sp³-hybridized carbons (Fsp3) is 0.500. The Morgan fingerprint density at radius 2 is 2.04 bits per heavy atom. The maximum atomic E-state index is 12.9. The SMILES string of the molecule is CC[C@@H](C)[C@H](NC(=O)C1CCCC1)C(=O)Nc1nnc(-c2cccc(Cl)c2)s1. The van der Waals surface area contributed by atoms with Crippen LogP contribution in [0.25, 0.3) is 10.6 Å². The molecule has 28 heavy (non-hydrogen) atoms. The van der Waals surface area contributed by atoms with Gasteiger partial charge in [0.25, 0.3) is 0 Å². The Morgan fingerprint density at radius 3 is 2.71 bits per heavy atom. The van der Waals surface area contributed by atoms with Crippen LogP contribution >= 0.6 is 22.9 Å². The van der Waals surface area contributed by atoms with E-state index in [-0.39, 0.29) is 23.7 Å². The van der Waals surface area contributed by atoms with Crippen molar-refractivity contribution >= 4 is 39.9 Å². The van der Waals surface area contributed by atoms with Gasteiger partial charge in [0, 0.05) is 16.5 Å². The first-order valence-corrected chi connectivity index (χ1v) is 10.9. The van der Waals surface area contributed by atoms with Gasteiger partial charge in [-0.15, -0.1) is 10.2 Å². The van der Waals surface area contributed by atoms with E-state index >= 15 is 0 Å². The zero-order valence-corrected chi connectivity index (χ0v) is 17.6. The van der Waals surface area contributed by atoms with Crippen molar-refractivity contribution < 1.29 is 9.59 Å². The van der Waals surface area contributed by atoms with Gasteiger partial charge in [0.1, 0.15) is 11.0 Å². The molecule has 8 heteroatoms. The van der Waals surface area contributed by atoms with Gasteiger partial charge >= 0.3 is 0 Å². The summed E-state index contributed by atoms with van der Waals surface area (Å²) in [6, 6.07) is 6.74. The summed E-state index contributed by atoms with van der Waals surface area (Å²) in [4.78, 5) is 25.4. The molecule has 0 unspecified atom stereocenters. The maximum Gasteiger partial charge on any atom is 0.249 e. The molecule has 0 radical (unpaired) electrons. The first-order chi connectivity index (χ1) is 13.5. The van der Waals surface area contributed by atoms with E-state index in [1.165, 1.54) is 11.3 Å². The Labute approximate surface area is 174 Å². The molecule has 2 atom stereocenters. The monoisotopic (exact) mass is 420 g/mol. The highest BCUT2D eigenvalue weighted by molar-refractivity contribution is 7.18. The predicted octanol–water partition coefficient (Wildman–Crippen LogP) is 4.52. The van der Waals surface area contributed by atoms with Gasteiger partial charge in [0.2, 0.25) is 16.9 Å². The van der Waals surface area contributed by atoms with E-state index < -0.39 is 6.04 Å². The van der Waals surface area contributed by atoms with Crippen molar-refractivity contribution in [2.45, 2.75) is 52.0 Å². The Kier molecular flexibility index (Phi) is 7.02. The average molecular weight is 421 g/mol. The fourth-order valence-electron chi connectivity index (χ4n) is 3.36. The van der Waals surface area contributed by atoms with Crippen LogP contribution in [0.15, 0.2) is 24.3 Å². The van der Waals surface area contributed by atoms with Gasteiger partial charge in [-0.1, -0.05) is 68.2 Å². The van der Waals surface area contributed by atoms with Crippen LogP contribution in [0.4, 0.5) is 5.13 Å². The van der Waals surface area contributed by atoms with Crippen LogP contribution in [0.5, 0.6) is 0 Å². The van der Waals surface area contributed by atoms with Gasteiger partial charge in [-0.25, -0.2) is 0 Å². The molecule has 3 rings (SSSR count). The van der Waals surface area contributed by atoms with Crippen molar-refractivity contribution in [1.29, 1.82) is 0 Å². The van der Waals surface area contributed by atoms with Crippen LogP contribution in [0.1, 0.15) is 46.0 Å². The molecular weight excluding hydrogens is 396 g/mol. The number of hydrogen-bond donors (Lipinski definition) is 2. The Bertz CT molecular complexity index is 835. The number of rotatable bonds is 7. The number of halogens is 1. The van der Waals surface area contributed by atoms with Crippen LogP contribution in [-0.2, 0) is 9.59 Å². The molecule has 1 aromatic heterocycles. The molecule has 1 fully saturated rings. The van der Waals surface area contributed by atoms with Gasteiger partial charge in [0.15, 0.2) is 0 Å². The second-order valence-electron chi connectivity index (χ2n) is 7.27. The maximum absolute atomic E-state index is 12.9. The van der Waals surface area contributed by atoms with Crippen LogP contribution in [-0.4, -0.2) is 28.1 Å². The number of amides is 2. The topological polar surface area (TPSA) is 84.0 Å². The molecule has 150 valence electrons. The highest BCUT2D eigenvalue weighted by Crippen LogP contribution is 2.29. The van der Waals surface area contributed by atoms with Crippen LogP contribution in [0, 0.1) is 11.8 Å². The standard InChI is InChI=1S/C20H25ClN4O2S/c1-3-12(2)16(22-17(26)13-7-4-5-8-13)18(27)23-20-25-24-19(28-20)14-9-6-10-15(21)11-14/h6,9-13,16H,3-5,7-8H2,1-2H3,(H,22,26)(H,23,25,27)/t12-,16+/m1/s1. The van der Waals surface area contributed by atoms with E-state index in [4.69, 9.17) is 11.6 Å². The summed E-state index contributed by atoms with van der Waals surface area (Å²) in [6.07, 6.45) is 4.75. The number of nitrogens with zero attached hydrogens (tertiary/aromatic N) is 2. The van der Waals surface area contributed by atoms with Crippen molar-refractivity contribution in [1.82, 2.24) is 15.5 Å². The Morgan fingerprint density at radius 1 is 1.29 bits per heavy atom. The van der Waals surface area contributed by atoms with E-state index in [9.17, 15) is 9.59 Å². The molecule has 2 aromatic rings. The predicted molar refractivity (Wildman–Crippen MR) is 112 cm³/mol. The molecule has 0 aliphatic heterocycles. The summed E-state index contributed by atoms with van der Waals surface area (Å²) in [5.41, 5.74) is 0.846. The largest absolute Gasteiger partial charge is 0.344 e. The van der Waals surface area contributed by atoms with Crippen LogP contribution in [0.2, 0.25) is 5.02 Å². The third-order valence-corrected chi connectivity index (χ3v) is 6.37. The molecule has 2 N–H and O–H groups in total. The minimum Gasteiger partial charge on any atom is -0.344 e. The highest BCUT2D eigenvalue weighted by Gasteiger charge is 2.30. The normalized spacial score (nSPS) is 16.5. The van der Waals surface area contributed by atoms with E-state index in [1.807, 2.05) is 26.0 Å². The zero-order chi connectivity index (χ0) is 20.1. The number of carbonyl (C=O) groups excluding carboxylic acids is 2. The summed E-state index contributed by atoms with van der Waals surface area (Å²) in [6.45, 7) is 3.98. The summed E-state index contributed by atoms with van der Waals surface area (Å²) in [7, 11) is 0. The smallest absolute Gasteiger partial charge is 0.249 e. The van der Waals surface area contributed by atoms with E-state index in [0.717, 1.165) is 37.7 Å². The van der Waals surface area contributed by atoms with E-state index in [0.29, 0.717) is 15.2 Å². The first kappa shape index (κ1) is 20.7. The van der Waals surface area contributed by atoms with Crippen molar-refractivity contribution in [3.05, 3.63) is 29.3 Å². The molecule has 0 saturated heterocycles. The molecule has 1 saturated carbocycles. The highest BCUT2D eigenvalue weighted by atomic mass is 35.5. The lowest BCUT2D eigenvalue weighted by molar-refractivity contribution is -0.130. The lowest BCUT2D eigenvalue weighted by Crippen LogP contribution is -2.49. The van der Waals surface area contributed by atoms with Crippen molar-refractivity contribution in [3.63, 3.8) is 0 Å². The van der Waals surface area contributed by atoms with Crippen LogP contribution in [0.3, 0.4) is 0 Å². The molecule has 0 bridgehead atoms. The van der Waals surface area contributed by atoms with E-state index in [2.05, 4.69) is 20.8 Å². The van der Waals surface area contributed by atoms with Crippen molar-refractivity contribution in [2.24, 2.45) is 11.8 Å². The zero-order valence-electron chi connectivity index (χ0n) is 16.1. The fourth-order valence-corrected chi connectivity index (χ4v) is 4.29. The van der Waals surface area contributed by atoms with Gasteiger partial charge in [-0.05, 0) is 30.9 Å². The van der Waals surface area contributed by atoms with Gasteiger partial charge < -0.3 is 5.32 Å². The molecule has 0 spiro atoms. The molecular formula is C20H25ClN4O2S. The number of benzene rings is 1. The van der Waals surface area contributed by atoms with Crippen LogP contribution < -0.4 is 10.6 Å². The third-order valence-electron chi connectivity index (χ3n) is 5.25. The summed E-state index contributed by atoms with van der Waals surface area (Å²) in [5.74, 6) is -0.231. The molecule has 6 nitrogen and oxygen atoms in total. The summed E-state index contributed by atoms with van der Waals surface area (Å²) >= 11 is 7.31. The molecule has 1 heterocycles. The third kappa shape index (κ3) is 5.08. The molecule has 1 aliphatic carbocycles. The first-order valence-electron chi connectivity index (χ1n) is 9.68. The van der Waals surface area contributed by atoms with Gasteiger partial charge in [-0.2, -0.15) is 0 Å². The number of aromatic nitrogens is 2. The Balaban J connectivity index is 1.68. The number of hydrogen-bond acceptors (Lipinski definition) is 5. The quantitative estimate of drug-likeness (QED) is 0.689. The number of anilines is 1.